The van der Waals surface area contributed by atoms with Gasteiger partial charge in [0.2, 0.25) is 5.91 Å². The third-order valence-electron chi connectivity index (χ3n) is 7.17. The molecule has 28 heavy (non-hydrogen) atoms. The first-order chi connectivity index (χ1) is 13.4. The van der Waals surface area contributed by atoms with E-state index in [-0.39, 0.29) is 5.91 Å². The lowest BCUT2D eigenvalue weighted by Crippen LogP contribution is -2.76. The largest absolute Gasteiger partial charge is 0.354 e. The fraction of sp³-hybridized carbons (Fsp3) is 0.708. The minimum absolute atomic E-state index is 0.249. The van der Waals surface area contributed by atoms with Gasteiger partial charge in [-0.2, -0.15) is 0 Å². The molecule has 1 aromatic rings. The maximum absolute atomic E-state index is 13.6. The zero-order valence-corrected chi connectivity index (χ0v) is 17.9. The number of carbonyl (C=O) groups is 1. The van der Waals surface area contributed by atoms with Crippen molar-refractivity contribution < 1.29 is 4.79 Å². The molecule has 3 aliphatic heterocycles. The average molecular weight is 384 g/mol. The van der Waals surface area contributed by atoms with Crippen LogP contribution >= 0.6 is 0 Å². The number of likely N-dealkylation sites (tertiary alicyclic amines) is 1. The van der Waals surface area contributed by atoms with Gasteiger partial charge in [0.15, 0.2) is 0 Å². The summed E-state index contributed by atoms with van der Waals surface area (Å²) in [6, 6.07) is 11.2. The Hall–Kier alpha value is -1.39. The molecule has 4 fully saturated rings. The molecular formula is C24H37N3O. The van der Waals surface area contributed by atoms with Crippen LogP contribution in [0.25, 0.3) is 0 Å². The molecule has 4 heteroatoms. The van der Waals surface area contributed by atoms with E-state index < -0.39 is 5.54 Å². The third kappa shape index (κ3) is 3.39. The Morgan fingerprint density at radius 1 is 1.21 bits per heavy atom. The van der Waals surface area contributed by atoms with Crippen molar-refractivity contribution in [2.24, 2.45) is 29.6 Å². The maximum atomic E-state index is 13.6. The molecule has 0 radical (unpaired) electrons. The molecule has 2 N–H and O–H groups in total. The molecule has 3 saturated heterocycles. The second-order valence-corrected chi connectivity index (χ2v) is 10.2. The van der Waals surface area contributed by atoms with E-state index in [2.05, 4.69) is 73.6 Å². The summed E-state index contributed by atoms with van der Waals surface area (Å²) in [6.07, 6.45) is 2.27. The van der Waals surface area contributed by atoms with Crippen molar-refractivity contribution in [1.29, 1.82) is 0 Å². The van der Waals surface area contributed by atoms with Gasteiger partial charge < -0.3 is 10.6 Å². The molecule has 1 aromatic carbocycles. The van der Waals surface area contributed by atoms with Crippen LogP contribution in [0, 0.1) is 29.6 Å². The Morgan fingerprint density at radius 3 is 2.64 bits per heavy atom. The molecule has 0 aromatic heterocycles. The second-order valence-electron chi connectivity index (χ2n) is 10.2. The number of fused-ring (bicyclic) bond motifs is 1. The predicted octanol–water partition coefficient (Wildman–Crippen LogP) is 2.94. The first kappa shape index (κ1) is 19.9. The van der Waals surface area contributed by atoms with E-state index in [0.717, 1.165) is 32.6 Å². The lowest BCUT2D eigenvalue weighted by Gasteiger charge is -2.56. The monoisotopic (exact) mass is 383 g/mol. The molecule has 1 amide bonds. The van der Waals surface area contributed by atoms with Crippen molar-refractivity contribution >= 4 is 5.91 Å². The smallest absolute Gasteiger partial charge is 0.242 e. The van der Waals surface area contributed by atoms with E-state index in [1.54, 1.807) is 0 Å². The van der Waals surface area contributed by atoms with Gasteiger partial charge in [0.25, 0.3) is 0 Å². The van der Waals surface area contributed by atoms with Crippen LogP contribution in [0.5, 0.6) is 0 Å². The standard InChI is InChI=1S/C24H37N3O/c1-16(2)12-25-23(28)24-20-11-19(13-26-24)21(10-18-8-6-5-7-9-18)22(24)27(15-20)14-17(3)4/h5-9,16-17,19-22,26H,10-15H2,1-4H3,(H,25,28)/t19-,20-,21+,22-,24-/m0/s1. The summed E-state index contributed by atoms with van der Waals surface area (Å²) in [5, 5.41) is 7.08. The van der Waals surface area contributed by atoms with Crippen LogP contribution in [0.1, 0.15) is 39.7 Å². The van der Waals surface area contributed by atoms with E-state index >= 15 is 0 Å². The van der Waals surface area contributed by atoms with Gasteiger partial charge in [0, 0.05) is 31.6 Å². The number of benzene rings is 1. The van der Waals surface area contributed by atoms with E-state index in [4.69, 9.17) is 0 Å². The summed E-state index contributed by atoms with van der Waals surface area (Å²) in [5.74, 6) is 3.00. The van der Waals surface area contributed by atoms with Crippen molar-refractivity contribution in [2.45, 2.75) is 52.1 Å². The highest BCUT2D eigenvalue weighted by Crippen LogP contribution is 2.53. The molecule has 5 rings (SSSR count). The van der Waals surface area contributed by atoms with Crippen LogP contribution in [0.3, 0.4) is 0 Å². The number of carbonyl (C=O) groups excluding carboxylic acids is 1. The Bertz CT molecular complexity index is 688. The predicted molar refractivity (Wildman–Crippen MR) is 114 cm³/mol. The molecule has 1 saturated carbocycles. The lowest BCUT2D eigenvalue weighted by atomic mass is 9.58. The van der Waals surface area contributed by atoms with Gasteiger partial charge in [-0.15, -0.1) is 0 Å². The molecule has 154 valence electrons. The van der Waals surface area contributed by atoms with Gasteiger partial charge in [-0.25, -0.2) is 0 Å². The van der Waals surface area contributed by atoms with Crippen molar-refractivity contribution in [3.63, 3.8) is 0 Å². The molecule has 4 nitrogen and oxygen atoms in total. The van der Waals surface area contributed by atoms with Crippen LogP contribution in [0.2, 0.25) is 0 Å². The Balaban J connectivity index is 1.66. The molecule has 4 aliphatic rings. The van der Waals surface area contributed by atoms with E-state index in [1.807, 2.05) is 0 Å². The minimum Gasteiger partial charge on any atom is -0.354 e. The van der Waals surface area contributed by atoms with Crippen LogP contribution in [-0.4, -0.2) is 48.6 Å². The molecule has 1 aliphatic carbocycles. The van der Waals surface area contributed by atoms with Crippen molar-refractivity contribution in [3.05, 3.63) is 35.9 Å². The van der Waals surface area contributed by atoms with Crippen molar-refractivity contribution in [3.8, 4) is 0 Å². The highest BCUT2D eigenvalue weighted by Gasteiger charge is 2.67. The summed E-state index contributed by atoms with van der Waals surface area (Å²) >= 11 is 0. The van der Waals surface area contributed by atoms with Gasteiger partial charge in [-0.1, -0.05) is 58.0 Å². The van der Waals surface area contributed by atoms with Crippen LogP contribution in [0.15, 0.2) is 30.3 Å². The van der Waals surface area contributed by atoms with Gasteiger partial charge in [-0.05, 0) is 48.6 Å². The second kappa shape index (κ2) is 7.79. The SMILES string of the molecule is CC(C)CNC(=O)[C@]12NC[C@@H]3C[C@H]1CN(CC(C)C)[C@H]2[C@@H]3Cc1ccccc1. The van der Waals surface area contributed by atoms with Gasteiger partial charge in [-0.3, -0.25) is 9.69 Å². The average Bonchev–Trinajstić information content (AvgIpc) is 2.91. The van der Waals surface area contributed by atoms with Crippen molar-refractivity contribution in [1.82, 2.24) is 15.5 Å². The molecule has 0 unspecified atom stereocenters. The first-order valence-electron chi connectivity index (χ1n) is 11.2. The summed E-state index contributed by atoms with van der Waals surface area (Å²) in [4.78, 5) is 16.2. The number of amides is 1. The summed E-state index contributed by atoms with van der Waals surface area (Å²) in [7, 11) is 0. The van der Waals surface area contributed by atoms with E-state index in [1.165, 1.54) is 12.0 Å². The number of nitrogens with one attached hydrogen (secondary N) is 2. The maximum Gasteiger partial charge on any atom is 0.242 e. The molecular weight excluding hydrogens is 346 g/mol. The fourth-order valence-corrected chi connectivity index (χ4v) is 6.19. The minimum atomic E-state index is -0.405. The Labute approximate surface area is 170 Å². The van der Waals surface area contributed by atoms with Crippen LogP contribution in [0.4, 0.5) is 0 Å². The fourth-order valence-electron chi connectivity index (χ4n) is 6.19. The molecule has 3 heterocycles. The highest BCUT2D eigenvalue weighted by molar-refractivity contribution is 5.89. The van der Waals surface area contributed by atoms with Gasteiger partial charge in [0.05, 0.1) is 0 Å². The normalized spacial score (nSPS) is 34.4. The van der Waals surface area contributed by atoms with Crippen LogP contribution < -0.4 is 10.6 Å². The number of piperidine rings is 2. The van der Waals surface area contributed by atoms with Gasteiger partial charge >= 0.3 is 0 Å². The number of hydrogen-bond donors (Lipinski definition) is 2. The van der Waals surface area contributed by atoms with Gasteiger partial charge in [0.1, 0.15) is 5.54 Å². The summed E-state index contributed by atoms with van der Waals surface area (Å²) in [5.41, 5.74) is 1.00. The zero-order valence-electron chi connectivity index (χ0n) is 17.9. The number of nitrogens with zero attached hydrogens (tertiary/aromatic N) is 1. The number of rotatable bonds is 7. The Kier molecular flexibility index (Phi) is 5.54. The zero-order chi connectivity index (χ0) is 19.9. The van der Waals surface area contributed by atoms with Crippen molar-refractivity contribution in [2.75, 3.05) is 26.2 Å². The molecule has 4 bridgehead atoms. The quantitative estimate of drug-likeness (QED) is 0.761. The first-order valence-corrected chi connectivity index (χ1v) is 11.2. The van der Waals surface area contributed by atoms with E-state index in [9.17, 15) is 4.79 Å². The topological polar surface area (TPSA) is 44.4 Å². The highest BCUT2D eigenvalue weighted by atomic mass is 16.2. The number of hydrogen-bond acceptors (Lipinski definition) is 3. The Morgan fingerprint density at radius 2 is 1.96 bits per heavy atom. The third-order valence-corrected chi connectivity index (χ3v) is 7.17. The van der Waals surface area contributed by atoms with E-state index in [0.29, 0.717) is 35.6 Å². The summed E-state index contributed by atoms with van der Waals surface area (Å²) in [6.45, 7) is 12.8. The lowest BCUT2D eigenvalue weighted by molar-refractivity contribution is -0.138. The van der Waals surface area contributed by atoms with Crippen LogP contribution in [-0.2, 0) is 11.2 Å². The summed E-state index contributed by atoms with van der Waals surface area (Å²) < 4.78 is 0. The molecule has 0 spiro atoms. The molecule has 5 atom stereocenters.